The van der Waals surface area contributed by atoms with Gasteiger partial charge in [0.1, 0.15) is 11.3 Å². The van der Waals surface area contributed by atoms with Gasteiger partial charge in [-0.25, -0.2) is 0 Å². The molecule has 3 heterocycles. The molecule has 30 heavy (non-hydrogen) atoms. The molecule has 1 aromatic carbocycles. The number of nitrogens with zero attached hydrogens (tertiary/aromatic N) is 1. The Labute approximate surface area is 177 Å². The number of anilines is 1. The lowest BCUT2D eigenvalue weighted by atomic mass is 10.1. The van der Waals surface area contributed by atoms with Gasteiger partial charge in [0.25, 0.3) is 11.5 Å². The molecule has 7 nitrogen and oxygen atoms in total. The summed E-state index contributed by atoms with van der Waals surface area (Å²) in [6, 6.07) is 13.6. The Morgan fingerprint density at radius 3 is 2.50 bits per heavy atom. The van der Waals surface area contributed by atoms with Gasteiger partial charge >= 0.3 is 0 Å². The first-order valence-electron chi connectivity index (χ1n) is 9.63. The molecule has 0 spiro atoms. The number of rotatable bonds is 5. The van der Waals surface area contributed by atoms with Crippen LogP contribution in [0.15, 0.2) is 64.0 Å². The first-order chi connectivity index (χ1) is 14.6. The number of pyridine rings is 1. The maximum atomic E-state index is 12.5. The zero-order valence-corrected chi connectivity index (χ0v) is 17.0. The van der Waals surface area contributed by atoms with Gasteiger partial charge in [0, 0.05) is 30.3 Å². The lowest BCUT2D eigenvalue weighted by Gasteiger charge is -2.26. The molecule has 0 saturated carbocycles. The van der Waals surface area contributed by atoms with Gasteiger partial charge in [-0.05, 0) is 42.0 Å². The molecule has 2 aromatic heterocycles. The van der Waals surface area contributed by atoms with Crippen molar-refractivity contribution in [3.8, 4) is 11.5 Å². The Balaban J connectivity index is 1.39. The number of nitrogens with one attached hydrogen (secondary N) is 2. The maximum Gasteiger partial charge on any atom is 0.261 e. The summed E-state index contributed by atoms with van der Waals surface area (Å²) in [4.78, 5) is 41.7. The van der Waals surface area contributed by atoms with Crippen molar-refractivity contribution in [2.75, 3.05) is 29.9 Å². The Bertz CT molecular complexity index is 1080. The normalized spacial score (nSPS) is 13.8. The molecule has 154 valence electrons. The molecule has 3 aromatic rings. The summed E-state index contributed by atoms with van der Waals surface area (Å²) in [5.74, 6) is 2.11. The number of furan rings is 1. The molecule has 4 rings (SSSR count). The molecule has 2 N–H and O–H groups in total. The highest BCUT2D eigenvalue weighted by molar-refractivity contribution is 7.99. The standard InChI is InChI=1S/C22H21N3O4S/c26-20(25-9-12-30-13-10-25)14-15-3-5-16(6-4-15)23-21(27)17-7-8-18(24-22(17)28)19-2-1-11-29-19/h1-8,11H,9-10,12-14H2,(H,23,27)(H,24,28). The summed E-state index contributed by atoms with van der Waals surface area (Å²) in [6.45, 7) is 1.59. The van der Waals surface area contributed by atoms with Crippen molar-refractivity contribution in [2.45, 2.75) is 6.42 Å². The molecule has 0 atom stereocenters. The maximum absolute atomic E-state index is 12.5. The fourth-order valence-corrected chi connectivity index (χ4v) is 4.13. The van der Waals surface area contributed by atoms with Crippen LogP contribution in [0.2, 0.25) is 0 Å². The number of hydrogen-bond acceptors (Lipinski definition) is 5. The summed E-state index contributed by atoms with van der Waals surface area (Å²) < 4.78 is 5.25. The van der Waals surface area contributed by atoms with E-state index in [1.807, 2.05) is 28.8 Å². The van der Waals surface area contributed by atoms with E-state index >= 15 is 0 Å². The van der Waals surface area contributed by atoms with Crippen LogP contribution in [0.1, 0.15) is 15.9 Å². The monoisotopic (exact) mass is 423 g/mol. The first-order valence-corrected chi connectivity index (χ1v) is 10.8. The first kappa shape index (κ1) is 20.0. The number of aromatic nitrogens is 1. The van der Waals surface area contributed by atoms with Gasteiger partial charge < -0.3 is 19.6 Å². The molecule has 2 amide bonds. The second-order valence-corrected chi connectivity index (χ2v) is 8.14. The van der Waals surface area contributed by atoms with Crippen LogP contribution in [0.25, 0.3) is 11.5 Å². The fourth-order valence-electron chi connectivity index (χ4n) is 3.23. The van der Waals surface area contributed by atoms with Crippen molar-refractivity contribution in [1.29, 1.82) is 0 Å². The Morgan fingerprint density at radius 1 is 1.07 bits per heavy atom. The molecule has 0 bridgehead atoms. The number of amides is 2. The quantitative estimate of drug-likeness (QED) is 0.658. The number of carbonyl (C=O) groups excluding carboxylic acids is 2. The number of hydrogen-bond donors (Lipinski definition) is 2. The molecule has 1 aliphatic heterocycles. The van der Waals surface area contributed by atoms with E-state index < -0.39 is 11.5 Å². The second kappa shape index (κ2) is 9.04. The molecule has 1 fully saturated rings. The van der Waals surface area contributed by atoms with Gasteiger partial charge in [-0.2, -0.15) is 11.8 Å². The number of thioether (sulfide) groups is 1. The van der Waals surface area contributed by atoms with Gasteiger partial charge in [0.05, 0.1) is 18.4 Å². The molecule has 0 aliphatic carbocycles. The Kier molecular flexibility index (Phi) is 6.04. The van der Waals surface area contributed by atoms with Crippen LogP contribution >= 0.6 is 11.8 Å². The summed E-state index contributed by atoms with van der Waals surface area (Å²) in [7, 11) is 0. The second-order valence-electron chi connectivity index (χ2n) is 6.91. The van der Waals surface area contributed by atoms with Crippen molar-refractivity contribution in [3.63, 3.8) is 0 Å². The van der Waals surface area contributed by atoms with Crippen LogP contribution in [0.4, 0.5) is 5.69 Å². The zero-order valence-electron chi connectivity index (χ0n) is 16.2. The summed E-state index contributed by atoms with van der Waals surface area (Å²) in [6.07, 6.45) is 1.85. The third-order valence-corrected chi connectivity index (χ3v) is 5.81. The predicted octanol–water partition coefficient (Wildman–Crippen LogP) is 3.01. The zero-order chi connectivity index (χ0) is 20.9. The van der Waals surface area contributed by atoms with E-state index in [0.717, 1.165) is 30.2 Å². The van der Waals surface area contributed by atoms with E-state index in [9.17, 15) is 14.4 Å². The smallest absolute Gasteiger partial charge is 0.261 e. The van der Waals surface area contributed by atoms with Crippen LogP contribution in [0.3, 0.4) is 0 Å². The van der Waals surface area contributed by atoms with E-state index in [-0.39, 0.29) is 11.5 Å². The van der Waals surface area contributed by atoms with Crippen molar-refractivity contribution in [1.82, 2.24) is 9.88 Å². The number of benzene rings is 1. The van der Waals surface area contributed by atoms with E-state index in [4.69, 9.17) is 4.42 Å². The highest BCUT2D eigenvalue weighted by atomic mass is 32.2. The van der Waals surface area contributed by atoms with Crippen molar-refractivity contribution >= 4 is 29.3 Å². The number of carbonyl (C=O) groups is 2. The predicted molar refractivity (Wildman–Crippen MR) is 117 cm³/mol. The minimum absolute atomic E-state index is 0.00697. The van der Waals surface area contributed by atoms with Crippen LogP contribution in [-0.4, -0.2) is 46.3 Å². The largest absolute Gasteiger partial charge is 0.463 e. The van der Waals surface area contributed by atoms with Gasteiger partial charge in [0.15, 0.2) is 0 Å². The molecule has 1 saturated heterocycles. The van der Waals surface area contributed by atoms with E-state index in [2.05, 4.69) is 10.3 Å². The highest BCUT2D eigenvalue weighted by Gasteiger charge is 2.17. The molecular weight excluding hydrogens is 402 g/mol. The summed E-state index contributed by atoms with van der Waals surface area (Å²) in [5.41, 5.74) is 1.45. The minimum Gasteiger partial charge on any atom is -0.463 e. The lowest BCUT2D eigenvalue weighted by Crippen LogP contribution is -2.38. The molecule has 0 unspecified atom stereocenters. The van der Waals surface area contributed by atoms with Crippen molar-refractivity contribution in [3.05, 3.63) is 76.3 Å². The molecule has 0 radical (unpaired) electrons. The third kappa shape index (κ3) is 4.65. The average molecular weight is 423 g/mol. The van der Waals surface area contributed by atoms with Crippen LogP contribution in [0.5, 0.6) is 0 Å². The fraction of sp³-hybridized carbons (Fsp3) is 0.227. The highest BCUT2D eigenvalue weighted by Crippen LogP contribution is 2.17. The summed E-state index contributed by atoms with van der Waals surface area (Å²) in [5, 5.41) is 2.72. The molecule has 8 heteroatoms. The SMILES string of the molecule is O=C(Nc1ccc(CC(=O)N2CCSCC2)cc1)c1ccc(-c2ccco2)[nH]c1=O. The van der Waals surface area contributed by atoms with E-state index in [0.29, 0.717) is 23.6 Å². The van der Waals surface area contributed by atoms with Gasteiger partial charge in [-0.1, -0.05) is 12.1 Å². The van der Waals surface area contributed by atoms with Crippen molar-refractivity contribution in [2.24, 2.45) is 0 Å². The molecular formula is C22H21N3O4S. The number of aromatic amines is 1. The van der Waals surface area contributed by atoms with E-state index in [1.165, 1.54) is 12.3 Å². The van der Waals surface area contributed by atoms with Crippen LogP contribution in [-0.2, 0) is 11.2 Å². The minimum atomic E-state index is -0.503. The van der Waals surface area contributed by atoms with E-state index in [1.54, 1.807) is 30.3 Å². The van der Waals surface area contributed by atoms with Crippen LogP contribution < -0.4 is 10.9 Å². The van der Waals surface area contributed by atoms with Gasteiger partial charge in [-0.15, -0.1) is 0 Å². The topological polar surface area (TPSA) is 95.4 Å². The third-order valence-electron chi connectivity index (χ3n) is 4.87. The van der Waals surface area contributed by atoms with Crippen LogP contribution in [0, 0.1) is 0 Å². The number of H-pyrrole nitrogens is 1. The lowest BCUT2D eigenvalue weighted by molar-refractivity contribution is -0.130. The van der Waals surface area contributed by atoms with Gasteiger partial charge in [-0.3, -0.25) is 14.4 Å². The Hall–Kier alpha value is -3.26. The Morgan fingerprint density at radius 2 is 1.83 bits per heavy atom. The van der Waals surface area contributed by atoms with Gasteiger partial charge in [0.2, 0.25) is 5.91 Å². The average Bonchev–Trinajstić information content (AvgIpc) is 3.30. The summed E-state index contributed by atoms with van der Waals surface area (Å²) >= 11 is 1.87. The van der Waals surface area contributed by atoms with Crippen molar-refractivity contribution < 1.29 is 14.0 Å². The molecule has 1 aliphatic rings.